The van der Waals surface area contributed by atoms with Crippen molar-refractivity contribution >= 4 is 17.1 Å². The smallest absolute Gasteiger partial charge is 0.407 e. The van der Waals surface area contributed by atoms with E-state index in [4.69, 9.17) is 4.74 Å². The third kappa shape index (κ3) is 6.38. The Kier molecular flexibility index (Phi) is 7.72. The van der Waals surface area contributed by atoms with Crippen LogP contribution in [0, 0.1) is 6.92 Å². The van der Waals surface area contributed by atoms with Crippen molar-refractivity contribution in [3.8, 4) is 0 Å². The van der Waals surface area contributed by atoms with Crippen molar-refractivity contribution in [3.05, 3.63) is 101 Å². The average molecular weight is 491 g/mol. The summed E-state index contributed by atoms with van der Waals surface area (Å²) in [6.45, 7) is 7.79. The van der Waals surface area contributed by atoms with Gasteiger partial charge in [0.25, 0.3) is 0 Å². The van der Waals surface area contributed by atoms with Crippen LogP contribution in [0.15, 0.2) is 77.7 Å². The van der Waals surface area contributed by atoms with E-state index in [1.165, 1.54) is 22.3 Å². The molecule has 0 saturated heterocycles. The summed E-state index contributed by atoms with van der Waals surface area (Å²) in [5.74, 6) is -0.0887. The summed E-state index contributed by atoms with van der Waals surface area (Å²) in [5, 5.41) is 2.93. The molecule has 2 N–H and O–H groups in total. The molecule has 4 rings (SSSR count). The Balaban J connectivity index is 1.71. The molecule has 6 heteroatoms. The quantitative estimate of drug-likeness (QED) is 0.484. The van der Waals surface area contributed by atoms with E-state index in [-0.39, 0.29) is 18.5 Å². The van der Waals surface area contributed by atoms with Gasteiger partial charge in [-0.2, -0.15) is 0 Å². The Morgan fingerprint density at radius 3 is 2.03 bits per heavy atom. The van der Waals surface area contributed by atoms with Crippen molar-refractivity contribution < 1.29 is 13.7 Å². The molecule has 1 amide bonds. The predicted molar refractivity (Wildman–Crippen MR) is 141 cm³/mol. The zero-order valence-corrected chi connectivity index (χ0v) is 21.7. The summed E-state index contributed by atoms with van der Waals surface area (Å²) in [5.41, 5.74) is 5.46. The van der Waals surface area contributed by atoms with Crippen molar-refractivity contribution in [3.63, 3.8) is 0 Å². The maximum atomic E-state index is 13.4. The van der Waals surface area contributed by atoms with Crippen molar-refractivity contribution in [2.75, 3.05) is 6.54 Å². The topological polar surface area (TPSA) is 67.4 Å². The van der Waals surface area contributed by atoms with Gasteiger partial charge in [-0.1, -0.05) is 66.2 Å². The lowest BCUT2D eigenvalue weighted by molar-refractivity contribution is 0.0522. The van der Waals surface area contributed by atoms with E-state index in [0.717, 1.165) is 18.4 Å². The first-order valence-electron chi connectivity index (χ1n) is 12.1. The molecule has 0 saturated carbocycles. The number of nitrogens with one attached hydrogen (secondary N) is 2. The number of carbonyl (C=O) groups is 1. The largest absolute Gasteiger partial charge is 0.444 e. The van der Waals surface area contributed by atoms with E-state index in [1.807, 2.05) is 52.0 Å². The van der Waals surface area contributed by atoms with Gasteiger partial charge in [0.15, 0.2) is 0 Å². The van der Waals surface area contributed by atoms with Crippen molar-refractivity contribution in [1.29, 1.82) is 0 Å². The SMILES string of the molecule is Cc1ccc(S(=O)N[C@H](CNC(=O)OC(C)(C)C)C2c3ccccc3CCc3ccccc32)cc1. The number of ether oxygens (including phenoxy) is 1. The molecular weight excluding hydrogens is 456 g/mol. The molecule has 0 bridgehead atoms. The Labute approximate surface area is 210 Å². The van der Waals surface area contributed by atoms with Gasteiger partial charge in [-0.15, -0.1) is 0 Å². The van der Waals surface area contributed by atoms with E-state index >= 15 is 0 Å². The van der Waals surface area contributed by atoms with Crippen LogP contribution in [0.4, 0.5) is 4.79 Å². The van der Waals surface area contributed by atoms with Crippen LogP contribution in [-0.2, 0) is 28.6 Å². The van der Waals surface area contributed by atoms with Crippen LogP contribution in [0.1, 0.15) is 54.5 Å². The molecule has 0 aromatic heterocycles. The Morgan fingerprint density at radius 2 is 1.49 bits per heavy atom. The van der Waals surface area contributed by atoms with Gasteiger partial charge in [-0.3, -0.25) is 0 Å². The Hall–Kier alpha value is -2.96. The molecule has 2 atom stereocenters. The molecule has 35 heavy (non-hydrogen) atoms. The molecular formula is C29H34N2O3S. The molecule has 0 heterocycles. The second-order valence-corrected chi connectivity index (χ2v) is 11.3. The number of aryl methyl sites for hydroxylation is 3. The lowest BCUT2D eigenvalue weighted by Gasteiger charge is -2.30. The van der Waals surface area contributed by atoms with Gasteiger partial charge < -0.3 is 10.1 Å². The van der Waals surface area contributed by atoms with Crippen LogP contribution in [0.3, 0.4) is 0 Å². The van der Waals surface area contributed by atoms with Crippen LogP contribution in [0.5, 0.6) is 0 Å². The highest BCUT2D eigenvalue weighted by Crippen LogP contribution is 2.36. The summed E-state index contributed by atoms with van der Waals surface area (Å²) in [6, 6.07) is 24.2. The van der Waals surface area contributed by atoms with E-state index in [2.05, 4.69) is 58.6 Å². The summed E-state index contributed by atoms with van der Waals surface area (Å²) < 4.78 is 22.3. The fourth-order valence-electron chi connectivity index (χ4n) is 4.60. The fourth-order valence-corrected chi connectivity index (χ4v) is 5.62. The lowest BCUT2D eigenvalue weighted by atomic mass is 9.83. The van der Waals surface area contributed by atoms with Gasteiger partial charge in [0.2, 0.25) is 0 Å². The van der Waals surface area contributed by atoms with Crippen molar-refractivity contribution in [1.82, 2.24) is 10.0 Å². The maximum absolute atomic E-state index is 13.4. The van der Waals surface area contributed by atoms with Gasteiger partial charge in [-0.25, -0.2) is 13.7 Å². The summed E-state index contributed by atoms with van der Waals surface area (Å²) in [6.07, 6.45) is 1.40. The molecule has 3 aromatic carbocycles. The van der Waals surface area contributed by atoms with Gasteiger partial charge in [0.05, 0.1) is 4.90 Å². The minimum Gasteiger partial charge on any atom is -0.444 e. The minimum atomic E-state index is -1.46. The number of carbonyl (C=O) groups excluding carboxylic acids is 1. The zero-order valence-electron chi connectivity index (χ0n) is 20.8. The molecule has 1 unspecified atom stereocenters. The summed E-state index contributed by atoms with van der Waals surface area (Å²) >= 11 is 0. The monoisotopic (exact) mass is 490 g/mol. The summed E-state index contributed by atoms with van der Waals surface area (Å²) in [4.78, 5) is 13.3. The first-order chi connectivity index (χ1) is 16.7. The highest BCUT2D eigenvalue weighted by Gasteiger charge is 2.32. The van der Waals surface area contributed by atoms with E-state index in [0.29, 0.717) is 4.90 Å². The second kappa shape index (κ2) is 10.8. The molecule has 184 valence electrons. The molecule has 0 fully saturated rings. The summed E-state index contributed by atoms with van der Waals surface area (Å²) in [7, 11) is -1.46. The number of alkyl carbamates (subject to hydrolysis) is 1. The Morgan fingerprint density at radius 1 is 0.943 bits per heavy atom. The third-order valence-corrected chi connectivity index (χ3v) is 7.42. The highest BCUT2D eigenvalue weighted by atomic mass is 32.2. The van der Waals surface area contributed by atoms with Crippen LogP contribution in [-0.4, -0.2) is 28.5 Å². The van der Waals surface area contributed by atoms with Gasteiger partial charge in [-0.05, 0) is 74.9 Å². The third-order valence-electron chi connectivity index (χ3n) is 6.21. The lowest BCUT2D eigenvalue weighted by Crippen LogP contribution is -2.47. The van der Waals surface area contributed by atoms with E-state index in [9.17, 15) is 9.00 Å². The van der Waals surface area contributed by atoms with Crippen molar-refractivity contribution in [2.24, 2.45) is 0 Å². The second-order valence-electron chi connectivity index (χ2n) is 10.1. The minimum absolute atomic E-state index is 0.0887. The molecule has 1 aliphatic rings. The average Bonchev–Trinajstić information content (AvgIpc) is 2.98. The van der Waals surface area contributed by atoms with Crippen LogP contribution in [0.25, 0.3) is 0 Å². The normalized spacial score (nSPS) is 15.3. The van der Waals surface area contributed by atoms with Crippen LogP contribution in [0.2, 0.25) is 0 Å². The number of hydrogen-bond acceptors (Lipinski definition) is 3. The molecule has 1 aliphatic carbocycles. The molecule has 0 aliphatic heterocycles. The van der Waals surface area contributed by atoms with Crippen molar-refractivity contribution in [2.45, 2.75) is 63.0 Å². The maximum Gasteiger partial charge on any atom is 0.407 e. The van der Waals surface area contributed by atoms with E-state index < -0.39 is 22.7 Å². The molecule has 3 aromatic rings. The standard InChI is InChI=1S/C29H34N2O3S/c1-20-13-17-23(18-14-20)35(33)31-26(19-30-28(32)34-29(2,3)4)27-24-11-7-5-9-21(24)15-16-22-10-6-8-12-25(22)27/h5-14,17-18,26-27,31H,15-16,19H2,1-4H3,(H,30,32)/t26-,35?/m1/s1. The number of hydrogen-bond donors (Lipinski definition) is 2. The van der Waals surface area contributed by atoms with Gasteiger partial charge in [0, 0.05) is 18.5 Å². The predicted octanol–water partition coefficient (Wildman–Crippen LogP) is 5.43. The van der Waals surface area contributed by atoms with Crippen LogP contribution >= 0.6 is 0 Å². The number of amides is 1. The zero-order chi connectivity index (χ0) is 25.0. The molecule has 0 spiro atoms. The molecule has 0 radical (unpaired) electrons. The highest BCUT2D eigenvalue weighted by molar-refractivity contribution is 7.83. The molecule has 5 nitrogen and oxygen atoms in total. The number of benzene rings is 3. The van der Waals surface area contributed by atoms with E-state index in [1.54, 1.807) is 0 Å². The first-order valence-corrected chi connectivity index (χ1v) is 13.2. The van der Waals surface area contributed by atoms with Crippen LogP contribution < -0.4 is 10.0 Å². The fraction of sp³-hybridized carbons (Fsp3) is 0.345. The first kappa shape index (κ1) is 25.1. The van der Waals surface area contributed by atoms with Gasteiger partial charge >= 0.3 is 6.09 Å². The number of fused-ring (bicyclic) bond motifs is 2. The Bertz CT molecular complexity index is 1150. The van der Waals surface area contributed by atoms with Gasteiger partial charge in [0.1, 0.15) is 16.6 Å². The number of rotatable bonds is 6.